The highest BCUT2D eigenvalue weighted by Gasteiger charge is 2.02. The van der Waals surface area contributed by atoms with Crippen molar-refractivity contribution < 1.29 is 5.03 Å². The molecule has 0 aliphatic carbocycles. The van der Waals surface area contributed by atoms with Gasteiger partial charge in [0.15, 0.2) is 5.03 Å². The lowest BCUT2D eigenvalue weighted by Crippen LogP contribution is -2.07. The Morgan fingerprint density at radius 2 is 2.20 bits per heavy atom. The summed E-state index contributed by atoms with van der Waals surface area (Å²) < 4.78 is 0. The average Bonchev–Trinajstić information content (AvgIpc) is 2.17. The van der Waals surface area contributed by atoms with Gasteiger partial charge in [-0.3, -0.25) is 4.98 Å². The van der Waals surface area contributed by atoms with Crippen molar-refractivity contribution >= 4 is 16.7 Å². The highest BCUT2D eigenvalue weighted by Crippen LogP contribution is 2.15. The van der Waals surface area contributed by atoms with Gasteiger partial charge in [0.2, 0.25) is 0 Å². The molecule has 0 spiro atoms. The third kappa shape index (κ3) is 1.98. The summed E-state index contributed by atoms with van der Waals surface area (Å²) in [6.07, 6.45) is 1.62. The molecular weight excluding hydrogens is 196 g/mol. The van der Waals surface area contributed by atoms with E-state index in [9.17, 15) is 10.1 Å². The Morgan fingerprint density at radius 3 is 2.93 bits per heavy atom. The van der Waals surface area contributed by atoms with E-state index in [1.54, 1.807) is 24.4 Å². The Hall–Kier alpha value is -2.24. The number of hydrogen-bond donors (Lipinski definition) is 1. The van der Waals surface area contributed by atoms with Crippen LogP contribution in [0, 0.1) is 17.0 Å². The first-order valence-corrected chi connectivity index (χ1v) is 4.29. The largest absolute Gasteiger partial charge is 0.253 e. The summed E-state index contributed by atoms with van der Waals surface area (Å²) in [4.78, 5) is 18.6. The van der Waals surface area contributed by atoms with E-state index in [0.29, 0.717) is 11.2 Å². The minimum Gasteiger partial charge on any atom is -0.253 e. The van der Waals surface area contributed by atoms with E-state index in [-0.39, 0.29) is 0 Å². The van der Waals surface area contributed by atoms with E-state index in [4.69, 9.17) is 0 Å². The first-order valence-electron chi connectivity index (χ1n) is 4.29. The molecule has 15 heavy (non-hydrogen) atoms. The third-order valence-corrected chi connectivity index (χ3v) is 1.88. The van der Waals surface area contributed by atoms with E-state index in [0.717, 1.165) is 11.2 Å². The van der Waals surface area contributed by atoms with Crippen LogP contribution in [-0.4, -0.2) is 15.0 Å². The van der Waals surface area contributed by atoms with Crippen LogP contribution in [0.4, 0.5) is 5.69 Å². The lowest BCUT2D eigenvalue weighted by Gasteiger charge is -2.00. The SMILES string of the molecule is Cc1cnc2cc(N[N+](=O)[O-])ccc2n1. The third-order valence-electron chi connectivity index (χ3n) is 1.88. The zero-order valence-electron chi connectivity index (χ0n) is 7.97. The molecule has 0 saturated carbocycles. The van der Waals surface area contributed by atoms with Crippen LogP contribution < -0.4 is 5.43 Å². The zero-order valence-corrected chi connectivity index (χ0v) is 7.97. The molecule has 0 bridgehead atoms. The lowest BCUT2D eigenvalue weighted by atomic mass is 10.2. The smallest absolute Gasteiger partial charge is 0.162 e. The maximum atomic E-state index is 10.2. The van der Waals surface area contributed by atoms with E-state index in [1.807, 2.05) is 6.92 Å². The number of nitro groups is 1. The number of anilines is 1. The fraction of sp³-hybridized carbons (Fsp3) is 0.111. The molecule has 2 aromatic rings. The van der Waals surface area contributed by atoms with E-state index in [1.165, 1.54) is 0 Å². The second kappa shape index (κ2) is 3.49. The summed E-state index contributed by atoms with van der Waals surface area (Å²) in [6, 6.07) is 4.88. The quantitative estimate of drug-likeness (QED) is 0.592. The number of hydrogen-bond acceptors (Lipinski definition) is 4. The van der Waals surface area contributed by atoms with Gasteiger partial charge in [-0.05, 0) is 25.1 Å². The monoisotopic (exact) mass is 204 g/mol. The van der Waals surface area contributed by atoms with Crippen molar-refractivity contribution in [1.82, 2.24) is 9.97 Å². The molecule has 0 aliphatic rings. The number of aromatic nitrogens is 2. The summed E-state index contributed by atoms with van der Waals surface area (Å²) in [7, 11) is 0. The molecule has 2 rings (SSSR count). The summed E-state index contributed by atoms with van der Waals surface area (Å²) in [5, 5.41) is 9.61. The Balaban J connectivity index is 2.47. The number of fused-ring (bicyclic) bond motifs is 1. The molecule has 0 aliphatic heterocycles. The van der Waals surface area contributed by atoms with Crippen LogP contribution in [-0.2, 0) is 0 Å². The molecule has 0 amide bonds. The normalized spacial score (nSPS) is 10.2. The molecule has 1 aromatic carbocycles. The number of benzene rings is 1. The van der Waals surface area contributed by atoms with Crippen molar-refractivity contribution in [3.05, 3.63) is 40.2 Å². The first kappa shape index (κ1) is 9.32. The fourth-order valence-corrected chi connectivity index (χ4v) is 1.28. The number of hydrazine groups is 1. The van der Waals surface area contributed by atoms with Crippen LogP contribution in [0.2, 0.25) is 0 Å². The van der Waals surface area contributed by atoms with Crippen molar-refractivity contribution in [1.29, 1.82) is 0 Å². The minimum atomic E-state index is -0.608. The van der Waals surface area contributed by atoms with Crippen LogP contribution in [0.25, 0.3) is 11.0 Å². The standard InChI is InChI=1S/C9H8N4O2/c1-6-5-10-9-4-7(12-13(14)15)2-3-8(9)11-6/h2-5,12H,1H3. The Labute approximate surface area is 85.1 Å². The molecule has 0 atom stereocenters. The second-order valence-electron chi connectivity index (χ2n) is 3.08. The Bertz CT molecular complexity index is 527. The van der Waals surface area contributed by atoms with Crippen molar-refractivity contribution in [3.8, 4) is 0 Å². The van der Waals surface area contributed by atoms with Gasteiger partial charge in [0.25, 0.3) is 0 Å². The Kier molecular flexibility index (Phi) is 2.17. The predicted octanol–water partition coefficient (Wildman–Crippen LogP) is 1.54. The fourth-order valence-electron chi connectivity index (χ4n) is 1.28. The number of rotatable bonds is 2. The highest BCUT2D eigenvalue weighted by atomic mass is 16.7. The molecule has 0 saturated heterocycles. The number of nitrogens with zero attached hydrogens (tertiary/aromatic N) is 3. The van der Waals surface area contributed by atoms with Crippen LogP contribution in [0.3, 0.4) is 0 Å². The highest BCUT2D eigenvalue weighted by molar-refractivity contribution is 5.78. The molecule has 1 heterocycles. The topological polar surface area (TPSA) is 81.0 Å². The maximum Gasteiger partial charge on any atom is 0.162 e. The molecule has 1 N–H and O–H groups in total. The van der Waals surface area contributed by atoms with E-state index >= 15 is 0 Å². The molecule has 0 unspecified atom stereocenters. The number of nitrogens with one attached hydrogen (secondary N) is 1. The van der Waals surface area contributed by atoms with Crippen molar-refractivity contribution in [3.63, 3.8) is 0 Å². The predicted molar refractivity (Wildman–Crippen MR) is 54.9 cm³/mol. The van der Waals surface area contributed by atoms with Crippen molar-refractivity contribution in [2.24, 2.45) is 0 Å². The van der Waals surface area contributed by atoms with Crippen LogP contribution in [0.5, 0.6) is 0 Å². The zero-order chi connectivity index (χ0) is 10.8. The molecule has 0 fully saturated rings. The molecule has 6 nitrogen and oxygen atoms in total. The first-order chi connectivity index (χ1) is 7.15. The summed E-state index contributed by atoms with van der Waals surface area (Å²) >= 11 is 0. The van der Waals surface area contributed by atoms with E-state index in [2.05, 4.69) is 15.4 Å². The summed E-state index contributed by atoms with van der Waals surface area (Å²) in [5.74, 6) is 0. The van der Waals surface area contributed by atoms with Gasteiger partial charge in [-0.2, -0.15) is 0 Å². The van der Waals surface area contributed by atoms with Gasteiger partial charge in [0.05, 0.1) is 16.7 Å². The van der Waals surface area contributed by atoms with Crippen molar-refractivity contribution in [2.45, 2.75) is 6.92 Å². The summed E-state index contributed by atoms with van der Waals surface area (Å²) in [5.41, 5.74) is 4.63. The maximum absolute atomic E-state index is 10.2. The van der Waals surface area contributed by atoms with Gasteiger partial charge in [-0.15, -0.1) is 5.43 Å². The average molecular weight is 204 g/mol. The van der Waals surface area contributed by atoms with Gasteiger partial charge in [0.1, 0.15) is 5.69 Å². The van der Waals surface area contributed by atoms with Crippen LogP contribution in [0.15, 0.2) is 24.4 Å². The van der Waals surface area contributed by atoms with Gasteiger partial charge in [-0.1, -0.05) is 0 Å². The van der Waals surface area contributed by atoms with E-state index < -0.39 is 5.03 Å². The molecular formula is C9H8N4O2. The van der Waals surface area contributed by atoms with Gasteiger partial charge in [-0.25, -0.2) is 15.1 Å². The molecule has 0 radical (unpaired) electrons. The second-order valence-corrected chi connectivity index (χ2v) is 3.08. The molecule has 76 valence electrons. The Morgan fingerprint density at radius 1 is 1.40 bits per heavy atom. The van der Waals surface area contributed by atoms with Gasteiger partial charge < -0.3 is 0 Å². The minimum absolute atomic E-state index is 0.394. The van der Waals surface area contributed by atoms with Crippen LogP contribution >= 0.6 is 0 Å². The number of aryl methyl sites for hydroxylation is 1. The summed E-state index contributed by atoms with van der Waals surface area (Å²) in [6.45, 7) is 1.84. The van der Waals surface area contributed by atoms with Gasteiger partial charge in [0, 0.05) is 6.20 Å². The van der Waals surface area contributed by atoms with Crippen molar-refractivity contribution in [2.75, 3.05) is 5.43 Å². The molecule has 1 aromatic heterocycles. The molecule has 6 heteroatoms. The lowest BCUT2D eigenvalue weighted by molar-refractivity contribution is -0.445. The van der Waals surface area contributed by atoms with Crippen LogP contribution in [0.1, 0.15) is 5.69 Å². The van der Waals surface area contributed by atoms with Gasteiger partial charge >= 0.3 is 0 Å².